The van der Waals surface area contributed by atoms with Gasteiger partial charge in [-0.25, -0.2) is 0 Å². The van der Waals surface area contributed by atoms with Crippen LogP contribution in [0.25, 0.3) is 0 Å². The summed E-state index contributed by atoms with van der Waals surface area (Å²) >= 11 is 0. The van der Waals surface area contributed by atoms with Gasteiger partial charge in [-0.15, -0.1) is 0 Å². The maximum Gasteiger partial charge on any atom is 0.123 e. The number of benzene rings is 1. The zero-order valence-corrected chi connectivity index (χ0v) is 12.6. The van der Waals surface area contributed by atoms with Crippen LogP contribution in [-0.4, -0.2) is 37.7 Å². The van der Waals surface area contributed by atoms with Crippen LogP contribution in [0, 0.1) is 0 Å². The van der Waals surface area contributed by atoms with E-state index < -0.39 is 0 Å². The monoisotopic (exact) mass is 265 g/mol. The Morgan fingerprint density at radius 1 is 1.32 bits per heavy atom. The van der Waals surface area contributed by atoms with Gasteiger partial charge in [0, 0.05) is 42.6 Å². The van der Waals surface area contributed by atoms with Gasteiger partial charge in [-0.05, 0) is 33.4 Å². The van der Waals surface area contributed by atoms with E-state index in [1.807, 2.05) is 18.2 Å². The molecule has 4 nitrogen and oxygen atoms in total. The molecule has 0 aliphatic carbocycles. The molecule has 0 amide bonds. The van der Waals surface area contributed by atoms with Gasteiger partial charge in [0.1, 0.15) is 5.75 Å². The van der Waals surface area contributed by atoms with Crippen molar-refractivity contribution >= 4 is 11.4 Å². The number of anilines is 2. The Morgan fingerprint density at radius 2 is 2.05 bits per heavy atom. The van der Waals surface area contributed by atoms with Crippen LogP contribution in [0.1, 0.15) is 27.2 Å². The minimum Gasteiger partial charge on any atom is -0.493 e. The summed E-state index contributed by atoms with van der Waals surface area (Å²) in [7, 11) is 2.13. The number of nitrogens with one attached hydrogen (secondary N) is 1. The molecule has 0 bridgehead atoms. The lowest BCUT2D eigenvalue weighted by atomic mass is 10.2. The van der Waals surface area contributed by atoms with Crippen LogP contribution in [0.4, 0.5) is 11.4 Å². The molecule has 0 fully saturated rings. The highest BCUT2D eigenvalue weighted by molar-refractivity contribution is 5.59. The molecule has 1 aromatic rings. The van der Waals surface area contributed by atoms with Gasteiger partial charge in [-0.1, -0.05) is 6.92 Å². The van der Waals surface area contributed by atoms with Crippen LogP contribution >= 0.6 is 0 Å². The van der Waals surface area contributed by atoms with E-state index in [2.05, 4.69) is 38.0 Å². The van der Waals surface area contributed by atoms with E-state index in [-0.39, 0.29) is 0 Å². The predicted octanol–water partition coefficient (Wildman–Crippen LogP) is 2.81. The fraction of sp³-hybridized carbons (Fsp3) is 0.600. The summed E-state index contributed by atoms with van der Waals surface area (Å²) in [5.41, 5.74) is 7.63. The number of hydrogen-bond acceptors (Lipinski definition) is 4. The molecule has 4 heteroatoms. The Morgan fingerprint density at radius 3 is 2.68 bits per heavy atom. The molecule has 19 heavy (non-hydrogen) atoms. The highest BCUT2D eigenvalue weighted by atomic mass is 16.5. The summed E-state index contributed by atoms with van der Waals surface area (Å²) in [5.74, 6) is 0.835. The number of likely N-dealkylation sites (N-methyl/N-ethyl adjacent to an activating group) is 1. The number of nitrogen functional groups attached to an aromatic ring is 1. The molecule has 1 aromatic carbocycles. The van der Waals surface area contributed by atoms with Gasteiger partial charge in [-0.2, -0.15) is 0 Å². The standard InChI is InChI=1S/C15H27N3O/c1-5-8-19-15-10-13(16)9-14(11-15)17-6-7-18(4)12(2)3/h9-12,17H,5-8,16H2,1-4H3. The van der Waals surface area contributed by atoms with E-state index in [9.17, 15) is 0 Å². The van der Waals surface area contributed by atoms with Crippen LogP contribution < -0.4 is 15.8 Å². The van der Waals surface area contributed by atoms with Crippen molar-refractivity contribution in [3.63, 3.8) is 0 Å². The summed E-state index contributed by atoms with van der Waals surface area (Å²) < 4.78 is 5.61. The van der Waals surface area contributed by atoms with Gasteiger partial charge >= 0.3 is 0 Å². The van der Waals surface area contributed by atoms with Crippen molar-refractivity contribution in [2.24, 2.45) is 0 Å². The molecular weight excluding hydrogens is 238 g/mol. The maximum atomic E-state index is 5.88. The second-order valence-electron chi connectivity index (χ2n) is 5.14. The van der Waals surface area contributed by atoms with Gasteiger partial charge < -0.3 is 20.7 Å². The van der Waals surface area contributed by atoms with Crippen LogP contribution in [0.2, 0.25) is 0 Å². The Balaban J connectivity index is 2.51. The first kappa shape index (κ1) is 15.6. The summed E-state index contributed by atoms with van der Waals surface area (Å²) in [5, 5.41) is 3.39. The molecule has 0 aliphatic rings. The summed E-state index contributed by atoms with van der Waals surface area (Å²) in [6, 6.07) is 6.36. The lowest BCUT2D eigenvalue weighted by molar-refractivity contribution is 0.284. The van der Waals surface area contributed by atoms with Crippen LogP contribution in [0.5, 0.6) is 5.75 Å². The van der Waals surface area contributed by atoms with E-state index in [4.69, 9.17) is 10.5 Å². The zero-order valence-electron chi connectivity index (χ0n) is 12.6. The molecular formula is C15H27N3O. The lowest BCUT2D eigenvalue weighted by Crippen LogP contribution is -2.31. The molecule has 1 rings (SSSR count). The first-order valence-corrected chi connectivity index (χ1v) is 7.00. The van der Waals surface area contributed by atoms with Crippen molar-refractivity contribution in [3.8, 4) is 5.75 Å². The minimum absolute atomic E-state index is 0.561. The van der Waals surface area contributed by atoms with Crippen molar-refractivity contribution in [3.05, 3.63) is 18.2 Å². The number of nitrogens with two attached hydrogens (primary N) is 1. The summed E-state index contributed by atoms with van der Waals surface area (Å²) in [6.07, 6.45) is 0.997. The third-order valence-corrected chi connectivity index (χ3v) is 3.08. The minimum atomic E-state index is 0.561. The van der Waals surface area contributed by atoms with E-state index in [1.165, 1.54) is 0 Å². The summed E-state index contributed by atoms with van der Waals surface area (Å²) in [4.78, 5) is 2.30. The summed E-state index contributed by atoms with van der Waals surface area (Å²) in [6.45, 7) is 9.09. The predicted molar refractivity (Wildman–Crippen MR) is 82.9 cm³/mol. The van der Waals surface area contributed by atoms with Gasteiger partial charge in [0.15, 0.2) is 0 Å². The van der Waals surface area contributed by atoms with Crippen molar-refractivity contribution in [1.29, 1.82) is 0 Å². The van der Waals surface area contributed by atoms with Gasteiger partial charge in [0.05, 0.1) is 6.61 Å². The number of rotatable bonds is 8. The van der Waals surface area contributed by atoms with Crippen molar-refractivity contribution in [1.82, 2.24) is 4.90 Å². The highest BCUT2D eigenvalue weighted by Crippen LogP contribution is 2.22. The van der Waals surface area contributed by atoms with Crippen molar-refractivity contribution < 1.29 is 4.74 Å². The largest absolute Gasteiger partial charge is 0.493 e. The Bertz CT molecular complexity index is 380. The Labute approximate surface area is 116 Å². The second kappa shape index (κ2) is 7.89. The van der Waals surface area contributed by atoms with Crippen molar-refractivity contribution in [2.75, 3.05) is 37.8 Å². The van der Waals surface area contributed by atoms with Gasteiger partial charge in [0.25, 0.3) is 0 Å². The molecule has 0 heterocycles. The van der Waals surface area contributed by atoms with E-state index >= 15 is 0 Å². The average Bonchev–Trinajstić information content (AvgIpc) is 2.35. The molecule has 0 radical (unpaired) electrons. The number of nitrogens with zero attached hydrogens (tertiary/aromatic N) is 1. The molecule has 0 unspecified atom stereocenters. The number of ether oxygens (including phenoxy) is 1. The second-order valence-corrected chi connectivity index (χ2v) is 5.14. The fourth-order valence-electron chi connectivity index (χ4n) is 1.66. The lowest BCUT2D eigenvalue weighted by Gasteiger charge is -2.21. The van der Waals surface area contributed by atoms with Crippen LogP contribution in [0.15, 0.2) is 18.2 Å². The third-order valence-electron chi connectivity index (χ3n) is 3.08. The van der Waals surface area contributed by atoms with Crippen molar-refractivity contribution in [2.45, 2.75) is 33.2 Å². The maximum absolute atomic E-state index is 5.88. The first-order valence-electron chi connectivity index (χ1n) is 7.00. The zero-order chi connectivity index (χ0) is 14.3. The van der Waals surface area contributed by atoms with Crippen LogP contribution in [-0.2, 0) is 0 Å². The first-order chi connectivity index (χ1) is 9.02. The van der Waals surface area contributed by atoms with Gasteiger partial charge in [0.2, 0.25) is 0 Å². The molecule has 0 aliphatic heterocycles. The normalized spacial score (nSPS) is 11.1. The highest BCUT2D eigenvalue weighted by Gasteiger charge is 2.03. The molecule has 108 valence electrons. The molecule has 0 saturated heterocycles. The molecule has 0 spiro atoms. The van der Waals surface area contributed by atoms with Gasteiger partial charge in [-0.3, -0.25) is 0 Å². The molecule has 0 atom stereocenters. The Hall–Kier alpha value is -1.42. The SMILES string of the molecule is CCCOc1cc(N)cc(NCCN(C)C(C)C)c1. The number of hydrogen-bond donors (Lipinski definition) is 2. The molecule has 3 N–H and O–H groups in total. The fourth-order valence-corrected chi connectivity index (χ4v) is 1.66. The Kier molecular flexibility index (Phi) is 6.50. The molecule has 0 aromatic heterocycles. The van der Waals surface area contributed by atoms with E-state index in [1.54, 1.807) is 0 Å². The average molecular weight is 265 g/mol. The third kappa shape index (κ3) is 5.83. The van der Waals surface area contributed by atoms with Crippen LogP contribution in [0.3, 0.4) is 0 Å². The smallest absolute Gasteiger partial charge is 0.123 e. The topological polar surface area (TPSA) is 50.5 Å². The molecule has 0 saturated carbocycles. The quantitative estimate of drug-likeness (QED) is 0.710. The van der Waals surface area contributed by atoms with E-state index in [0.29, 0.717) is 6.04 Å². The van der Waals surface area contributed by atoms with E-state index in [0.717, 1.165) is 43.2 Å².